The van der Waals surface area contributed by atoms with E-state index in [-0.39, 0.29) is 5.92 Å². The van der Waals surface area contributed by atoms with Crippen molar-refractivity contribution in [3.8, 4) is 0 Å². The molecule has 0 amide bonds. The van der Waals surface area contributed by atoms with Gasteiger partial charge in [-0.1, -0.05) is 13.8 Å². The molecule has 0 spiro atoms. The van der Waals surface area contributed by atoms with Crippen molar-refractivity contribution in [2.45, 2.75) is 58.7 Å². The quantitative estimate of drug-likeness (QED) is 0.684. The lowest BCUT2D eigenvalue weighted by molar-refractivity contribution is -0.0385. The van der Waals surface area contributed by atoms with Crippen molar-refractivity contribution in [2.75, 3.05) is 0 Å². The van der Waals surface area contributed by atoms with Crippen molar-refractivity contribution >= 4 is 0 Å². The summed E-state index contributed by atoms with van der Waals surface area (Å²) in [7, 11) is 0. The molecule has 2 N–H and O–H groups in total. The second-order valence-electron chi connectivity index (χ2n) is 4.63. The third-order valence-electron chi connectivity index (χ3n) is 2.58. The van der Waals surface area contributed by atoms with Crippen LogP contribution in [-0.4, -0.2) is 21.4 Å². The van der Waals surface area contributed by atoms with Gasteiger partial charge in [-0.05, 0) is 39.5 Å². The Balaban J connectivity index is 4.13. The molecule has 2 nitrogen and oxygen atoms in total. The Hall–Kier alpha value is -0.0800. The van der Waals surface area contributed by atoms with E-state index in [1.807, 2.05) is 20.8 Å². The first-order chi connectivity index (χ1) is 5.19. The van der Waals surface area contributed by atoms with Gasteiger partial charge in [-0.3, -0.25) is 0 Å². The van der Waals surface area contributed by atoms with Crippen molar-refractivity contribution in [2.24, 2.45) is 5.92 Å². The van der Waals surface area contributed by atoms with Gasteiger partial charge >= 0.3 is 0 Å². The number of hydrogen-bond donors (Lipinski definition) is 2. The molecule has 12 heavy (non-hydrogen) atoms. The molecule has 0 heterocycles. The lowest BCUT2D eigenvalue weighted by Gasteiger charge is -2.33. The van der Waals surface area contributed by atoms with Crippen LogP contribution in [0.2, 0.25) is 0 Å². The highest BCUT2D eigenvalue weighted by molar-refractivity contribution is 4.82. The maximum atomic E-state index is 9.84. The van der Waals surface area contributed by atoms with E-state index < -0.39 is 11.2 Å². The second-order valence-corrected chi connectivity index (χ2v) is 4.63. The van der Waals surface area contributed by atoms with Crippen LogP contribution in [0, 0.1) is 5.92 Å². The summed E-state index contributed by atoms with van der Waals surface area (Å²) in [5.74, 6) is 0.127. The SMILES string of the molecule is CCC(C)(O)C(C)CC(C)(C)O. The number of hydrogen-bond acceptors (Lipinski definition) is 2. The minimum absolute atomic E-state index is 0.127. The Labute approximate surface area is 75.6 Å². The minimum Gasteiger partial charge on any atom is -0.390 e. The second kappa shape index (κ2) is 3.75. The van der Waals surface area contributed by atoms with Crippen molar-refractivity contribution in [1.29, 1.82) is 0 Å². The fourth-order valence-electron chi connectivity index (χ4n) is 1.32. The van der Waals surface area contributed by atoms with Crippen molar-refractivity contribution in [3.63, 3.8) is 0 Å². The summed E-state index contributed by atoms with van der Waals surface area (Å²) in [6, 6.07) is 0. The standard InChI is InChI=1S/C10H22O2/c1-6-10(5,12)8(2)7-9(3,4)11/h8,11-12H,6-7H2,1-5H3. The largest absolute Gasteiger partial charge is 0.390 e. The predicted octanol–water partition coefficient (Wildman–Crippen LogP) is 1.94. The summed E-state index contributed by atoms with van der Waals surface area (Å²) in [6.07, 6.45) is 1.36. The summed E-state index contributed by atoms with van der Waals surface area (Å²) in [5, 5.41) is 19.4. The molecule has 0 aromatic rings. The smallest absolute Gasteiger partial charge is 0.0643 e. The Morgan fingerprint density at radius 1 is 1.17 bits per heavy atom. The molecule has 0 aliphatic rings. The lowest BCUT2D eigenvalue weighted by Crippen LogP contribution is -2.36. The highest BCUT2D eigenvalue weighted by Gasteiger charge is 2.30. The molecule has 0 aromatic heterocycles. The molecular formula is C10H22O2. The molecule has 0 saturated carbocycles. The van der Waals surface area contributed by atoms with Crippen LogP contribution < -0.4 is 0 Å². The van der Waals surface area contributed by atoms with E-state index in [1.165, 1.54) is 0 Å². The van der Waals surface area contributed by atoms with Crippen molar-refractivity contribution in [1.82, 2.24) is 0 Å². The fraction of sp³-hybridized carbons (Fsp3) is 1.00. The van der Waals surface area contributed by atoms with Gasteiger partial charge in [-0.25, -0.2) is 0 Å². The van der Waals surface area contributed by atoms with Crippen LogP contribution >= 0.6 is 0 Å². The first-order valence-corrected chi connectivity index (χ1v) is 4.64. The van der Waals surface area contributed by atoms with Crippen LogP contribution in [0.1, 0.15) is 47.5 Å². The molecule has 0 rings (SSSR count). The zero-order valence-corrected chi connectivity index (χ0v) is 8.89. The van der Waals surface area contributed by atoms with E-state index in [0.717, 1.165) is 6.42 Å². The number of rotatable bonds is 4. The van der Waals surface area contributed by atoms with Crippen LogP contribution in [0.15, 0.2) is 0 Å². The van der Waals surface area contributed by atoms with Gasteiger partial charge in [0.2, 0.25) is 0 Å². The summed E-state index contributed by atoms with van der Waals surface area (Å²) >= 11 is 0. The molecule has 0 aliphatic carbocycles. The van der Waals surface area contributed by atoms with Crippen molar-refractivity contribution < 1.29 is 10.2 Å². The minimum atomic E-state index is -0.682. The van der Waals surface area contributed by atoms with E-state index in [4.69, 9.17) is 0 Å². The molecule has 0 aromatic carbocycles. The summed E-state index contributed by atoms with van der Waals surface area (Å²) in [4.78, 5) is 0. The monoisotopic (exact) mass is 174 g/mol. The molecule has 74 valence electrons. The van der Waals surface area contributed by atoms with Crippen LogP contribution in [0.3, 0.4) is 0 Å². The highest BCUT2D eigenvalue weighted by Crippen LogP contribution is 2.27. The van der Waals surface area contributed by atoms with Gasteiger partial charge < -0.3 is 10.2 Å². The summed E-state index contributed by atoms with van der Waals surface area (Å²) in [6.45, 7) is 9.30. The third kappa shape index (κ3) is 4.07. The van der Waals surface area contributed by atoms with E-state index >= 15 is 0 Å². The van der Waals surface area contributed by atoms with Crippen LogP contribution in [0.5, 0.6) is 0 Å². The zero-order valence-electron chi connectivity index (χ0n) is 8.89. The van der Waals surface area contributed by atoms with Crippen molar-refractivity contribution in [3.05, 3.63) is 0 Å². The molecule has 2 heteroatoms. The molecule has 2 atom stereocenters. The molecule has 0 bridgehead atoms. The molecule has 2 unspecified atom stereocenters. The van der Waals surface area contributed by atoms with Gasteiger partial charge in [0.25, 0.3) is 0 Å². The summed E-state index contributed by atoms with van der Waals surface area (Å²) in [5.41, 5.74) is -1.33. The van der Waals surface area contributed by atoms with Gasteiger partial charge in [0.1, 0.15) is 0 Å². The number of aliphatic hydroxyl groups is 2. The van der Waals surface area contributed by atoms with Crippen LogP contribution in [0.4, 0.5) is 0 Å². The Kier molecular flexibility index (Phi) is 3.73. The van der Waals surface area contributed by atoms with Crippen LogP contribution in [0.25, 0.3) is 0 Å². The van der Waals surface area contributed by atoms with E-state index in [2.05, 4.69) is 0 Å². The first-order valence-electron chi connectivity index (χ1n) is 4.64. The average Bonchev–Trinajstić information content (AvgIpc) is 1.84. The van der Waals surface area contributed by atoms with Crippen LogP contribution in [-0.2, 0) is 0 Å². The van der Waals surface area contributed by atoms with Gasteiger partial charge in [-0.2, -0.15) is 0 Å². The average molecular weight is 174 g/mol. The normalized spacial score (nSPS) is 20.2. The Morgan fingerprint density at radius 3 is 1.83 bits per heavy atom. The predicted molar refractivity (Wildman–Crippen MR) is 51.0 cm³/mol. The maximum Gasteiger partial charge on any atom is 0.0643 e. The maximum absolute atomic E-state index is 9.84. The molecular weight excluding hydrogens is 152 g/mol. The van der Waals surface area contributed by atoms with Gasteiger partial charge in [0.15, 0.2) is 0 Å². The molecule has 0 saturated heterocycles. The van der Waals surface area contributed by atoms with E-state index in [1.54, 1.807) is 13.8 Å². The molecule has 0 radical (unpaired) electrons. The third-order valence-corrected chi connectivity index (χ3v) is 2.58. The van der Waals surface area contributed by atoms with Gasteiger partial charge in [0.05, 0.1) is 11.2 Å². The summed E-state index contributed by atoms with van der Waals surface area (Å²) < 4.78 is 0. The van der Waals surface area contributed by atoms with Gasteiger partial charge in [-0.15, -0.1) is 0 Å². The van der Waals surface area contributed by atoms with E-state index in [0.29, 0.717) is 6.42 Å². The first kappa shape index (κ1) is 11.9. The fourth-order valence-corrected chi connectivity index (χ4v) is 1.32. The highest BCUT2D eigenvalue weighted by atomic mass is 16.3. The molecule has 0 fully saturated rings. The molecule has 0 aliphatic heterocycles. The Morgan fingerprint density at radius 2 is 1.58 bits per heavy atom. The van der Waals surface area contributed by atoms with E-state index in [9.17, 15) is 10.2 Å². The topological polar surface area (TPSA) is 40.5 Å². The lowest BCUT2D eigenvalue weighted by atomic mass is 9.81. The van der Waals surface area contributed by atoms with Gasteiger partial charge in [0, 0.05) is 0 Å². The zero-order chi connectivity index (χ0) is 9.99. The Bertz CT molecular complexity index is 133.